The standard InChI is InChI=1S/C31H27ClN2O5/c1-37-22-13-8-19(9-14-22)29-28(30(35)33-26-18-20(32)10-17-27(26)39-3)24-6-4-5-7-25(24)31(36)34(29)21-11-15-23(38-2)16-12-21/h4-18,28-29H,1-3H3,(H,33,35)/t28-,29-/m1/s1. The van der Waals surface area contributed by atoms with Crippen molar-refractivity contribution < 1.29 is 23.8 Å². The van der Waals surface area contributed by atoms with E-state index in [-0.39, 0.29) is 11.8 Å². The molecule has 198 valence electrons. The van der Waals surface area contributed by atoms with Gasteiger partial charge in [0.15, 0.2) is 0 Å². The van der Waals surface area contributed by atoms with Crippen molar-refractivity contribution >= 4 is 34.8 Å². The first-order valence-electron chi connectivity index (χ1n) is 12.3. The SMILES string of the molecule is COc1ccc([C@@H]2[C@H](C(=O)Nc3cc(Cl)ccc3OC)c3ccccc3C(=O)N2c2ccc(OC)cc2)cc1. The van der Waals surface area contributed by atoms with Gasteiger partial charge in [0.2, 0.25) is 5.91 Å². The van der Waals surface area contributed by atoms with Crippen LogP contribution in [0.5, 0.6) is 17.2 Å². The van der Waals surface area contributed by atoms with Gasteiger partial charge in [0.25, 0.3) is 5.91 Å². The van der Waals surface area contributed by atoms with Crippen LogP contribution in [0.15, 0.2) is 91.0 Å². The first-order chi connectivity index (χ1) is 18.9. The van der Waals surface area contributed by atoms with E-state index in [0.717, 1.165) is 5.56 Å². The first kappa shape index (κ1) is 26.1. The van der Waals surface area contributed by atoms with Crippen molar-refractivity contribution in [3.63, 3.8) is 0 Å². The largest absolute Gasteiger partial charge is 0.497 e. The van der Waals surface area contributed by atoms with E-state index in [2.05, 4.69) is 5.32 Å². The Morgan fingerprint density at radius 2 is 1.46 bits per heavy atom. The molecule has 0 aromatic heterocycles. The highest BCUT2D eigenvalue weighted by atomic mass is 35.5. The quantitative estimate of drug-likeness (QED) is 0.289. The maximum Gasteiger partial charge on any atom is 0.259 e. The molecule has 0 bridgehead atoms. The molecular formula is C31H27ClN2O5. The van der Waals surface area contributed by atoms with Crippen molar-refractivity contribution in [2.75, 3.05) is 31.5 Å². The summed E-state index contributed by atoms with van der Waals surface area (Å²) in [4.78, 5) is 29.9. The molecule has 2 atom stereocenters. The molecule has 4 aromatic rings. The number of hydrogen-bond acceptors (Lipinski definition) is 5. The topological polar surface area (TPSA) is 77.1 Å². The first-order valence-corrected chi connectivity index (χ1v) is 12.7. The summed E-state index contributed by atoms with van der Waals surface area (Å²) in [7, 11) is 4.70. The number of amides is 2. The number of rotatable bonds is 7. The second-order valence-electron chi connectivity index (χ2n) is 8.99. The Labute approximate surface area is 231 Å². The van der Waals surface area contributed by atoms with Gasteiger partial charge in [-0.05, 0) is 71.8 Å². The highest BCUT2D eigenvalue weighted by molar-refractivity contribution is 6.31. The van der Waals surface area contributed by atoms with Gasteiger partial charge in [0.1, 0.15) is 17.2 Å². The minimum absolute atomic E-state index is 0.207. The minimum Gasteiger partial charge on any atom is -0.497 e. The van der Waals surface area contributed by atoms with Crippen LogP contribution in [0.1, 0.15) is 33.4 Å². The van der Waals surface area contributed by atoms with Gasteiger partial charge in [-0.2, -0.15) is 0 Å². The summed E-state index contributed by atoms with van der Waals surface area (Å²) >= 11 is 6.24. The van der Waals surface area contributed by atoms with E-state index < -0.39 is 12.0 Å². The van der Waals surface area contributed by atoms with Crippen LogP contribution in [0.3, 0.4) is 0 Å². The van der Waals surface area contributed by atoms with Gasteiger partial charge in [0, 0.05) is 16.3 Å². The Morgan fingerprint density at radius 3 is 2.10 bits per heavy atom. The Bertz CT molecular complexity index is 1500. The van der Waals surface area contributed by atoms with Crippen molar-refractivity contribution in [3.8, 4) is 17.2 Å². The second-order valence-corrected chi connectivity index (χ2v) is 9.43. The Morgan fingerprint density at radius 1 is 0.821 bits per heavy atom. The molecule has 5 rings (SSSR count). The summed E-state index contributed by atoms with van der Waals surface area (Å²) in [5.74, 6) is 0.517. The zero-order valence-electron chi connectivity index (χ0n) is 21.7. The number of nitrogens with one attached hydrogen (secondary N) is 1. The van der Waals surface area contributed by atoms with E-state index in [1.54, 1.807) is 61.6 Å². The Hall–Kier alpha value is -4.49. The highest BCUT2D eigenvalue weighted by Gasteiger charge is 2.45. The number of nitrogens with zero attached hydrogens (tertiary/aromatic N) is 1. The maximum absolute atomic E-state index is 14.2. The summed E-state index contributed by atoms with van der Waals surface area (Å²) in [5.41, 5.74) is 2.93. The third-order valence-electron chi connectivity index (χ3n) is 6.85. The van der Waals surface area contributed by atoms with Gasteiger partial charge in [-0.3, -0.25) is 14.5 Å². The van der Waals surface area contributed by atoms with Crippen LogP contribution in [0, 0.1) is 0 Å². The van der Waals surface area contributed by atoms with Crippen LogP contribution < -0.4 is 24.4 Å². The summed E-state index contributed by atoms with van der Waals surface area (Å²) in [6.07, 6.45) is 0. The van der Waals surface area contributed by atoms with Gasteiger partial charge in [-0.15, -0.1) is 0 Å². The highest BCUT2D eigenvalue weighted by Crippen LogP contribution is 2.46. The fourth-order valence-corrected chi connectivity index (χ4v) is 5.15. The summed E-state index contributed by atoms with van der Waals surface area (Å²) < 4.78 is 16.2. The maximum atomic E-state index is 14.2. The monoisotopic (exact) mass is 542 g/mol. The molecule has 0 fully saturated rings. The lowest BCUT2D eigenvalue weighted by molar-refractivity contribution is -0.118. The number of ether oxygens (including phenoxy) is 3. The van der Waals surface area contributed by atoms with Gasteiger partial charge >= 0.3 is 0 Å². The Kier molecular flexibility index (Phi) is 7.43. The predicted molar refractivity (Wildman–Crippen MR) is 151 cm³/mol. The molecule has 0 radical (unpaired) electrons. The number of carbonyl (C=O) groups is 2. The van der Waals surface area contributed by atoms with Gasteiger partial charge in [-0.1, -0.05) is 41.9 Å². The van der Waals surface area contributed by atoms with Crippen LogP contribution in [0.25, 0.3) is 0 Å². The Balaban J connectivity index is 1.69. The molecule has 1 N–H and O–H groups in total. The van der Waals surface area contributed by atoms with Crippen LogP contribution in [0.4, 0.5) is 11.4 Å². The number of benzene rings is 4. The molecule has 0 saturated carbocycles. The van der Waals surface area contributed by atoms with Crippen LogP contribution in [-0.4, -0.2) is 33.1 Å². The average Bonchev–Trinajstić information content (AvgIpc) is 2.97. The lowest BCUT2D eigenvalue weighted by Crippen LogP contribution is -2.46. The molecule has 7 nitrogen and oxygen atoms in total. The molecular weight excluding hydrogens is 516 g/mol. The molecule has 0 spiro atoms. The fraction of sp³-hybridized carbons (Fsp3) is 0.161. The van der Waals surface area contributed by atoms with Crippen molar-refractivity contribution in [3.05, 3.63) is 113 Å². The number of hydrogen-bond donors (Lipinski definition) is 1. The van der Waals surface area contributed by atoms with Crippen molar-refractivity contribution in [2.24, 2.45) is 0 Å². The number of halogens is 1. The molecule has 0 unspecified atom stereocenters. The molecule has 1 aliphatic heterocycles. The van der Waals surface area contributed by atoms with E-state index in [9.17, 15) is 9.59 Å². The van der Waals surface area contributed by atoms with Crippen LogP contribution in [-0.2, 0) is 4.79 Å². The van der Waals surface area contributed by atoms with Crippen LogP contribution in [0.2, 0.25) is 5.02 Å². The third-order valence-corrected chi connectivity index (χ3v) is 7.08. The molecule has 0 aliphatic carbocycles. The molecule has 4 aromatic carbocycles. The number of fused-ring (bicyclic) bond motifs is 1. The number of anilines is 2. The van der Waals surface area contributed by atoms with Crippen molar-refractivity contribution in [2.45, 2.75) is 12.0 Å². The molecule has 39 heavy (non-hydrogen) atoms. The zero-order valence-corrected chi connectivity index (χ0v) is 22.4. The van der Waals surface area contributed by atoms with Gasteiger partial charge < -0.3 is 19.5 Å². The number of carbonyl (C=O) groups excluding carboxylic acids is 2. The molecule has 8 heteroatoms. The van der Waals surface area contributed by atoms with Gasteiger partial charge in [0.05, 0.1) is 39.0 Å². The summed E-state index contributed by atoms with van der Waals surface area (Å²) in [6.45, 7) is 0. The molecule has 1 aliphatic rings. The van der Waals surface area contributed by atoms with E-state index in [4.69, 9.17) is 25.8 Å². The molecule has 1 heterocycles. The molecule has 0 saturated heterocycles. The summed E-state index contributed by atoms with van der Waals surface area (Å²) in [5, 5.41) is 3.46. The fourth-order valence-electron chi connectivity index (χ4n) is 4.97. The lowest BCUT2D eigenvalue weighted by atomic mass is 9.78. The third kappa shape index (κ3) is 5.01. The predicted octanol–water partition coefficient (Wildman–Crippen LogP) is 6.49. The van der Waals surface area contributed by atoms with Crippen molar-refractivity contribution in [1.82, 2.24) is 0 Å². The number of methoxy groups -OCH3 is 3. The van der Waals surface area contributed by atoms with E-state index >= 15 is 0 Å². The lowest BCUT2D eigenvalue weighted by Gasteiger charge is -2.42. The second kappa shape index (κ2) is 11.1. The normalized spacial score (nSPS) is 16.3. The van der Waals surface area contributed by atoms with E-state index in [1.165, 1.54) is 7.11 Å². The van der Waals surface area contributed by atoms with E-state index in [0.29, 0.717) is 44.8 Å². The average molecular weight is 543 g/mol. The van der Waals surface area contributed by atoms with Crippen molar-refractivity contribution in [1.29, 1.82) is 0 Å². The zero-order chi connectivity index (χ0) is 27.5. The van der Waals surface area contributed by atoms with Gasteiger partial charge in [-0.25, -0.2) is 0 Å². The van der Waals surface area contributed by atoms with Crippen LogP contribution >= 0.6 is 11.6 Å². The summed E-state index contributed by atoms with van der Waals surface area (Å²) in [6, 6.07) is 26.2. The minimum atomic E-state index is -0.766. The molecule has 2 amide bonds. The smallest absolute Gasteiger partial charge is 0.259 e. The van der Waals surface area contributed by atoms with E-state index in [1.807, 2.05) is 48.5 Å².